The van der Waals surface area contributed by atoms with Crippen molar-refractivity contribution in [2.45, 2.75) is 31.9 Å². The van der Waals surface area contributed by atoms with E-state index in [9.17, 15) is 4.79 Å². The van der Waals surface area contributed by atoms with Crippen LogP contribution in [0, 0.1) is 17.2 Å². The van der Waals surface area contributed by atoms with Gasteiger partial charge < -0.3 is 10.1 Å². The summed E-state index contributed by atoms with van der Waals surface area (Å²) < 4.78 is 5.12. The standard InChI is InChI=1S/C14H16N2O2/c15-9-12-7-4-8-13(12)16-14(17)18-10-11-5-2-1-3-6-11/h1-3,5-6,12-13H,4,7-8,10H2,(H,16,17)/t12-,13-/m0/s1. The maximum absolute atomic E-state index is 11.6. The Morgan fingerprint density at radius 3 is 2.89 bits per heavy atom. The Morgan fingerprint density at radius 1 is 1.39 bits per heavy atom. The van der Waals surface area contributed by atoms with Gasteiger partial charge in [0.1, 0.15) is 6.61 Å². The number of ether oxygens (including phenoxy) is 1. The largest absolute Gasteiger partial charge is 0.445 e. The molecule has 94 valence electrons. The summed E-state index contributed by atoms with van der Waals surface area (Å²) in [5, 5.41) is 11.7. The van der Waals surface area contributed by atoms with Gasteiger partial charge in [-0.05, 0) is 24.8 Å². The molecule has 0 bridgehead atoms. The van der Waals surface area contributed by atoms with Crippen molar-refractivity contribution in [2.24, 2.45) is 5.92 Å². The predicted molar refractivity (Wildman–Crippen MR) is 66.5 cm³/mol. The zero-order valence-electron chi connectivity index (χ0n) is 10.1. The van der Waals surface area contributed by atoms with Crippen LogP contribution in [0.4, 0.5) is 4.79 Å². The summed E-state index contributed by atoms with van der Waals surface area (Å²) in [4.78, 5) is 11.6. The van der Waals surface area contributed by atoms with Crippen LogP contribution in [0.15, 0.2) is 30.3 Å². The molecule has 0 unspecified atom stereocenters. The van der Waals surface area contributed by atoms with Gasteiger partial charge >= 0.3 is 6.09 Å². The van der Waals surface area contributed by atoms with Crippen LogP contribution in [-0.2, 0) is 11.3 Å². The second-order valence-corrected chi connectivity index (χ2v) is 4.48. The lowest BCUT2D eigenvalue weighted by Crippen LogP contribution is -2.37. The fraction of sp³-hybridized carbons (Fsp3) is 0.429. The molecule has 1 aliphatic carbocycles. The van der Waals surface area contributed by atoms with Crippen molar-refractivity contribution in [2.75, 3.05) is 0 Å². The number of nitriles is 1. The minimum Gasteiger partial charge on any atom is -0.445 e. The van der Waals surface area contributed by atoms with E-state index < -0.39 is 6.09 Å². The van der Waals surface area contributed by atoms with Crippen LogP contribution in [0.25, 0.3) is 0 Å². The van der Waals surface area contributed by atoms with E-state index in [0.717, 1.165) is 24.8 Å². The van der Waals surface area contributed by atoms with Gasteiger partial charge in [0.15, 0.2) is 0 Å². The van der Waals surface area contributed by atoms with E-state index >= 15 is 0 Å². The zero-order valence-corrected chi connectivity index (χ0v) is 10.1. The van der Waals surface area contributed by atoms with E-state index in [4.69, 9.17) is 10.00 Å². The van der Waals surface area contributed by atoms with Crippen LogP contribution in [0.5, 0.6) is 0 Å². The van der Waals surface area contributed by atoms with Gasteiger partial charge in [0, 0.05) is 6.04 Å². The highest BCUT2D eigenvalue weighted by Gasteiger charge is 2.28. The number of nitrogens with zero attached hydrogens (tertiary/aromatic N) is 1. The van der Waals surface area contributed by atoms with Gasteiger partial charge in [0.25, 0.3) is 0 Å². The summed E-state index contributed by atoms with van der Waals surface area (Å²) >= 11 is 0. The molecule has 4 nitrogen and oxygen atoms in total. The van der Waals surface area contributed by atoms with Crippen molar-refractivity contribution in [3.8, 4) is 6.07 Å². The smallest absolute Gasteiger partial charge is 0.407 e. The Balaban J connectivity index is 1.77. The van der Waals surface area contributed by atoms with Crippen LogP contribution >= 0.6 is 0 Å². The lowest BCUT2D eigenvalue weighted by molar-refractivity contribution is 0.134. The van der Waals surface area contributed by atoms with E-state index in [1.165, 1.54) is 0 Å². The summed E-state index contributed by atoms with van der Waals surface area (Å²) in [6.45, 7) is 0.261. The molecular weight excluding hydrogens is 228 g/mol. The number of rotatable bonds is 3. The minimum atomic E-state index is -0.439. The number of nitrogens with one attached hydrogen (secondary N) is 1. The third-order valence-electron chi connectivity index (χ3n) is 3.20. The van der Waals surface area contributed by atoms with Crippen molar-refractivity contribution in [3.63, 3.8) is 0 Å². The number of hydrogen-bond donors (Lipinski definition) is 1. The molecule has 0 heterocycles. The van der Waals surface area contributed by atoms with Gasteiger partial charge in [-0.15, -0.1) is 0 Å². The summed E-state index contributed by atoms with van der Waals surface area (Å²) in [5.41, 5.74) is 0.955. The van der Waals surface area contributed by atoms with Crippen molar-refractivity contribution >= 4 is 6.09 Å². The fourth-order valence-corrected chi connectivity index (χ4v) is 2.20. The number of hydrogen-bond acceptors (Lipinski definition) is 3. The van der Waals surface area contributed by atoms with Crippen LogP contribution in [0.1, 0.15) is 24.8 Å². The van der Waals surface area contributed by atoms with E-state index in [1.807, 2.05) is 30.3 Å². The SMILES string of the molecule is N#C[C@@H]1CCC[C@@H]1NC(=O)OCc1ccccc1. The molecule has 0 spiro atoms. The molecule has 1 amide bonds. The number of alkyl carbamates (subject to hydrolysis) is 1. The lowest BCUT2D eigenvalue weighted by atomic mass is 10.1. The van der Waals surface area contributed by atoms with Crippen LogP contribution < -0.4 is 5.32 Å². The lowest BCUT2D eigenvalue weighted by Gasteiger charge is -2.15. The third kappa shape index (κ3) is 3.24. The average Bonchev–Trinajstić information content (AvgIpc) is 2.85. The van der Waals surface area contributed by atoms with Gasteiger partial charge in [-0.2, -0.15) is 5.26 Å². The summed E-state index contributed by atoms with van der Waals surface area (Å²) in [6, 6.07) is 11.7. The Bertz CT molecular complexity index is 439. The van der Waals surface area contributed by atoms with Crippen molar-refractivity contribution in [3.05, 3.63) is 35.9 Å². The molecule has 0 radical (unpaired) electrons. The first-order valence-electron chi connectivity index (χ1n) is 6.16. The first-order valence-corrected chi connectivity index (χ1v) is 6.16. The summed E-state index contributed by atoms with van der Waals surface area (Å²) in [7, 11) is 0. The monoisotopic (exact) mass is 244 g/mol. The fourth-order valence-electron chi connectivity index (χ4n) is 2.20. The Morgan fingerprint density at radius 2 is 2.17 bits per heavy atom. The molecule has 0 aromatic heterocycles. The molecule has 2 atom stereocenters. The van der Waals surface area contributed by atoms with Crippen LogP contribution in [-0.4, -0.2) is 12.1 Å². The molecule has 0 aliphatic heterocycles. The first-order chi connectivity index (χ1) is 8.79. The molecular formula is C14H16N2O2. The Hall–Kier alpha value is -2.02. The quantitative estimate of drug-likeness (QED) is 0.889. The molecule has 0 saturated heterocycles. The highest BCUT2D eigenvalue weighted by molar-refractivity contribution is 5.67. The number of amides is 1. The molecule has 1 fully saturated rings. The normalized spacial score (nSPS) is 22.2. The van der Waals surface area contributed by atoms with E-state index in [0.29, 0.717) is 0 Å². The highest BCUT2D eigenvalue weighted by Crippen LogP contribution is 2.24. The van der Waals surface area contributed by atoms with Crippen molar-refractivity contribution in [1.29, 1.82) is 5.26 Å². The molecule has 1 aromatic carbocycles. The zero-order chi connectivity index (χ0) is 12.8. The summed E-state index contributed by atoms with van der Waals surface area (Å²) in [6.07, 6.45) is 2.27. The topological polar surface area (TPSA) is 62.1 Å². The average molecular weight is 244 g/mol. The van der Waals surface area contributed by atoms with Gasteiger partial charge in [-0.25, -0.2) is 4.79 Å². The molecule has 1 N–H and O–H groups in total. The van der Waals surface area contributed by atoms with Gasteiger partial charge in [0.05, 0.1) is 12.0 Å². The number of carbonyl (C=O) groups is 1. The molecule has 18 heavy (non-hydrogen) atoms. The van der Waals surface area contributed by atoms with Gasteiger partial charge in [-0.3, -0.25) is 0 Å². The van der Waals surface area contributed by atoms with Crippen molar-refractivity contribution < 1.29 is 9.53 Å². The second-order valence-electron chi connectivity index (χ2n) is 4.48. The predicted octanol–water partition coefficient (Wildman–Crippen LogP) is 2.61. The van der Waals surface area contributed by atoms with Gasteiger partial charge in [-0.1, -0.05) is 30.3 Å². The number of carbonyl (C=O) groups excluding carboxylic acids is 1. The number of benzene rings is 1. The molecule has 1 saturated carbocycles. The maximum atomic E-state index is 11.6. The maximum Gasteiger partial charge on any atom is 0.407 e. The molecule has 4 heteroatoms. The van der Waals surface area contributed by atoms with Crippen LogP contribution in [0.3, 0.4) is 0 Å². The molecule has 1 aromatic rings. The molecule has 2 rings (SSSR count). The molecule has 1 aliphatic rings. The Kier molecular flexibility index (Phi) is 4.19. The summed E-state index contributed by atoms with van der Waals surface area (Å²) in [5.74, 6) is -0.0747. The second kappa shape index (κ2) is 6.06. The highest BCUT2D eigenvalue weighted by atomic mass is 16.5. The van der Waals surface area contributed by atoms with Gasteiger partial charge in [0.2, 0.25) is 0 Å². The Labute approximate surface area is 107 Å². The first kappa shape index (κ1) is 12.4. The van der Waals surface area contributed by atoms with E-state index in [2.05, 4.69) is 11.4 Å². The van der Waals surface area contributed by atoms with Crippen molar-refractivity contribution in [1.82, 2.24) is 5.32 Å². The van der Waals surface area contributed by atoms with E-state index in [-0.39, 0.29) is 18.6 Å². The minimum absolute atomic E-state index is 0.0572. The van der Waals surface area contributed by atoms with Crippen LogP contribution in [0.2, 0.25) is 0 Å². The third-order valence-corrected chi connectivity index (χ3v) is 3.20. The van der Waals surface area contributed by atoms with E-state index in [1.54, 1.807) is 0 Å².